The number of cyclic esters (lactones) is 1. The fourth-order valence-corrected chi connectivity index (χ4v) is 7.69. The van der Waals surface area contributed by atoms with Gasteiger partial charge in [0, 0.05) is 17.9 Å². The van der Waals surface area contributed by atoms with Gasteiger partial charge in [0.25, 0.3) is 0 Å². The molecule has 6 aliphatic heterocycles. The van der Waals surface area contributed by atoms with E-state index in [4.69, 9.17) is 18.9 Å². The molecule has 8 atom stereocenters. The highest BCUT2D eigenvalue weighted by molar-refractivity contribution is 5.94. The molecule has 1 unspecified atom stereocenters. The van der Waals surface area contributed by atoms with Gasteiger partial charge in [0.2, 0.25) is 11.5 Å². The van der Waals surface area contributed by atoms with Crippen LogP contribution >= 0.6 is 0 Å². The van der Waals surface area contributed by atoms with Crippen molar-refractivity contribution in [3.8, 4) is 0 Å². The predicted molar refractivity (Wildman–Crippen MR) is 101 cm³/mol. The maximum Gasteiger partial charge on any atom is 0.345 e. The van der Waals surface area contributed by atoms with Crippen molar-refractivity contribution >= 4 is 5.97 Å². The Kier molecular flexibility index (Phi) is 3.62. The molecular formula is C22H29NO6. The normalized spacial score (nSPS) is 51.1. The molecular weight excluding hydrogens is 374 g/mol. The lowest BCUT2D eigenvalue weighted by Crippen LogP contribution is -2.61. The third-order valence-electron chi connectivity index (χ3n) is 8.56. The van der Waals surface area contributed by atoms with Gasteiger partial charge in [-0.25, -0.2) is 4.79 Å². The van der Waals surface area contributed by atoms with Crippen LogP contribution in [0.25, 0.3) is 0 Å². The van der Waals surface area contributed by atoms with Crippen molar-refractivity contribution in [3.05, 3.63) is 22.9 Å². The van der Waals surface area contributed by atoms with Crippen LogP contribution in [0.1, 0.15) is 46.0 Å². The first kappa shape index (κ1) is 18.2. The number of hydrogen-bond acceptors (Lipinski definition) is 7. The zero-order valence-electron chi connectivity index (χ0n) is 17.3. The molecule has 6 heterocycles. The van der Waals surface area contributed by atoms with E-state index >= 15 is 0 Å². The first-order chi connectivity index (χ1) is 14.0. The predicted octanol–water partition coefficient (Wildman–Crippen LogP) is 2.06. The number of hydrogen-bond donors (Lipinski definition) is 1. The van der Waals surface area contributed by atoms with Gasteiger partial charge in [-0.1, -0.05) is 26.7 Å². The molecule has 1 N–H and O–H groups in total. The van der Waals surface area contributed by atoms with Crippen LogP contribution in [0.15, 0.2) is 22.9 Å². The molecule has 7 nitrogen and oxygen atoms in total. The maximum atomic E-state index is 12.2. The number of fused-ring (bicyclic) bond motifs is 1. The number of nitrogens with zero attached hydrogens (tertiary/aromatic N) is 1. The molecule has 0 aliphatic carbocycles. The first-order valence-corrected chi connectivity index (χ1v) is 11.0. The third kappa shape index (κ3) is 1.85. The van der Waals surface area contributed by atoms with Gasteiger partial charge in [0.15, 0.2) is 5.76 Å². The van der Waals surface area contributed by atoms with Gasteiger partial charge in [0.05, 0.1) is 31.3 Å². The minimum atomic E-state index is -0.622. The van der Waals surface area contributed by atoms with E-state index in [-0.39, 0.29) is 29.1 Å². The van der Waals surface area contributed by atoms with Crippen molar-refractivity contribution in [1.29, 1.82) is 0 Å². The smallest absolute Gasteiger partial charge is 0.345 e. The second-order valence-corrected chi connectivity index (χ2v) is 9.43. The van der Waals surface area contributed by atoms with Gasteiger partial charge < -0.3 is 24.1 Å². The number of carbonyl (C=O) groups excluding carboxylic acids is 1. The average Bonchev–Trinajstić information content (AvgIpc) is 3.42. The van der Waals surface area contributed by atoms with E-state index in [1.165, 1.54) is 26.4 Å². The molecule has 0 aromatic heterocycles. The number of rotatable bonds is 5. The number of ether oxygens (including phenoxy) is 4. The minimum absolute atomic E-state index is 0.0531. The summed E-state index contributed by atoms with van der Waals surface area (Å²) in [5.74, 6) is 0.712. The molecule has 6 rings (SSSR count). The summed E-state index contributed by atoms with van der Waals surface area (Å²) in [6.45, 7) is 5.11. The number of unbranched alkanes of at least 4 members (excludes halogenated alkanes) is 1. The summed E-state index contributed by atoms with van der Waals surface area (Å²) < 4.78 is 24.5. The summed E-state index contributed by atoms with van der Waals surface area (Å²) in [5, 5.41) is 9.59. The first-order valence-electron chi connectivity index (χ1n) is 11.0. The van der Waals surface area contributed by atoms with Crippen molar-refractivity contribution in [1.82, 2.24) is 4.90 Å². The zero-order valence-corrected chi connectivity index (χ0v) is 17.3. The van der Waals surface area contributed by atoms with Crippen LogP contribution in [0.3, 0.4) is 0 Å². The van der Waals surface area contributed by atoms with E-state index in [1.807, 2.05) is 0 Å². The molecule has 1 spiro atoms. The number of aliphatic hydroxyl groups excluding tert-OH is 1. The van der Waals surface area contributed by atoms with Gasteiger partial charge in [-0.3, -0.25) is 4.90 Å². The topological polar surface area (TPSA) is 77.5 Å². The highest BCUT2D eigenvalue weighted by atomic mass is 16.7. The molecule has 5 fully saturated rings. The van der Waals surface area contributed by atoms with E-state index in [2.05, 4.69) is 18.7 Å². The Balaban J connectivity index is 1.46. The van der Waals surface area contributed by atoms with Gasteiger partial charge in [-0.05, 0) is 25.8 Å². The average molecular weight is 403 g/mol. The molecule has 6 aliphatic rings. The molecule has 0 aromatic carbocycles. The Morgan fingerprint density at radius 1 is 1.38 bits per heavy atom. The maximum absolute atomic E-state index is 12.2. The number of carbonyl (C=O) groups is 1. The van der Waals surface area contributed by atoms with E-state index < -0.39 is 18.4 Å². The van der Waals surface area contributed by atoms with Crippen LogP contribution in [-0.4, -0.2) is 59.7 Å². The van der Waals surface area contributed by atoms with Crippen molar-refractivity contribution in [3.63, 3.8) is 0 Å². The van der Waals surface area contributed by atoms with Crippen LogP contribution in [0.2, 0.25) is 0 Å². The summed E-state index contributed by atoms with van der Waals surface area (Å²) in [4.78, 5) is 15.0. The van der Waals surface area contributed by atoms with Crippen LogP contribution in [0.5, 0.6) is 0 Å². The second-order valence-electron chi connectivity index (χ2n) is 9.43. The molecule has 0 aromatic rings. The Hall–Kier alpha value is -1.57. The van der Waals surface area contributed by atoms with Crippen molar-refractivity contribution in [2.24, 2.45) is 17.8 Å². The standard InChI is InChI=1S/C22H29NO6/c1-4-5-7-21-14-6-8-23(21)13-9-15(21)28-22(14)16(13)11(2)17(29-22)19-18(26-3)12(10-24)20(25)27-19/h11,13-16,24H,4-10H2,1-3H3/b19-17+/t11-,13-,14+,15-,16+,21-,22+/m1/s1. The molecule has 0 saturated carbocycles. The molecule has 0 amide bonds. The lowest BCUT2D eigenvalue weighted by atomic mass is 9.69. The number of aliphatic hydroxyl groups is 1. The highest BCUT2D eigenvalue weighted by Gasteiger charge is 2.84. The fourth-order valence-electron chi connectivity index (χ4n) is 7.69. The molecule has 29 heavy (non-hydrogen) atoms. The van der Waals surface area contributed by atoms with Gasteiger partial charge >= 0.3 is 5.97 Å². The molecule has 158 valence electrons. The SMILES string of the molecule is CCCC[C@]12[C@@H]3CCN1[C@@H]1C[C@H]2O[C@]32O/C(=C3/OC(=O)C(CO)=C3OC)[C@H](C)[C@@H]12. The van der Waals surface area contributed by atoms with Gasteiger partial charge in [-0.2, -0.15) is 0 Å². The Labute approximate surface area is 170 Å². The van der Waals surface area contributed by atoms with Gasteiger partial charge in [-0.15, -0.1) is 0 Å². The Morgan fingerprint density at radius 2 is 2.21 bits per heavy atom. The summed E-state index contributed by atoms with van der Waals surface area (Å²) in [6, 6.07) is 0.446. The number of allylic oxidation sites excluding steroid dienone is 1. The number of methoxy groups -OCH3 is 1. The largest absolute Gasteiger partial charge is 0.492 e. The molecule has 0 radical (unpaired) electrons. The second kappa shape index (κ2) is 5.77. The van der Waals surface area contributed by atoms with E-state index in [1.54, 1.807) is 0 Å². The highest BCUT2D eigenvalue weighted by Crippen LogP contribution is 2.73. The molecule has 5 bridgehead atoms. The van der Waals surface area contributed by atoms with Crippen LogP contribution in [-0.2, 0) is 23.7 Å². The fraction of sp³-hybridized carbons (Fsp3) is 0.773. The van der Waals surface area contributed by atoms with Crippen molar-refractivity contribution < 1.29 is 28.8 Å². The van der Waals surface area contributed by atoms with E-state index in [9.17, 15) is 9.90 Å². The number of piperidine rings is 1. The summed E-state index contributed by atoms with van der Waals surface area (Å²) in [7, 11) is 1.49. The third-order valence-corrected chi connectivity index (χ3v) is 8.56. The summed E-state index contributed by atoms with van der Waals surface area (Å²) in [5.41, 5.74) is 0.261. The molecule has 7 heteroatoms. The van der Waals surface area contributed by atoms with E-state index in [0.717, 1.165) is 19.4 Å². The summed E-state index contributed by atoms with van der Waals surface area (Å²) in [6.07, 6.45) is 5.95. The lowest BCUT2D eigenvalue weighted by molar-refractivity contribution is -0.256. The Bertz CT molecular complexity index is 850. The van der Waals surface area contributed by atoms with Crippen molar-refractivity contribution in [2.45, 2.75) is 69.4 Å². The van der Waals surface area contributed by atoms with Crippen LogP contribution in [0.4, 0.5) is 0 Å². The van der Waals surface area contributed by atoms with E-state index in [0.29, 0.717) is 29.2 Å². The summed E-state index contributed by atoms with van der Waals surface area (Å²) >= 11 is 0. The quantitative estimate of drug-likeness (QED) is 0.704. The molecule has 5 saturated heterocycles. The Morgan fingerprint density at radius 3 is 2.93 bits per heavy atom. The van der Waals surface area contributed by atoms with Gasteiger partial charge in [0.1, 0.15) is 11.3 Å². The van der Waals surface area contributed by atoms with Crippen LogP contribution < -0.4 is 0 Å². The zero-order chi connectivity index (χ0) is 20.1. The lowest BCUT2D eigenvalue weighted by Gasteiger charge is -2.48. The van der Waals surface area contributed by atoms with Crippen LogP contribution in [0, 0.1) is 17.8 Å². The monoisotopic (exact) mass is 403 g/mol. The number of esters is 1. The minimum Gasteiger partial charge on any atom is -0.492 e. The van der Waals surface area contributed by atoms with Crippen molar-refractivity contribution in [2.75, 3.05) is 20.3 Å².